The van der Waals surface area contributed by atoms with Crippen LogP contribution in [0.1, 0.15) is 15.9 Å². The summed E-state index contributed by atoms with van der Waals surface area (Å²) in [6.07, 6.45) is 1.75. The Labute approximate surface area is 184 Å². The summed E-state index contributed by atoms with van der Waals surface area (Å²) in [4.78, 5) is 27.8. The van der Waals surface area contributed by atoms with Crippen LogP contribution in [0.2, 0.25) is 0 Å². The first-order valence-electron chi connectivity index (χ1n) is 9.52. The van der Waals surface area contributed by atoms with E-state index in [4.69, 9.17) is 4.74 Å². The SMILES string of the molecule is COCCNc1ccc(C(=O)Nc2cccc(CSc3ccccn3)c2)cc1[N+](=O)[O-]. The molecule has 0 unspecified atom stereocenters. The molecule has 1 amide bonds. The van der Waals surface area contributed by atoms with Gasteiger partial charge in [-0.1, -0.05) is 18.2 Å². The second-order valence-electron chi connectivity index (χ2n) is 6.52. The Morgan fingerprint density at radius 3 is 2.77 bits per heavy atom. The maximum Gasteiger partial charge on any atom is 0.293 e. The number of nitro benzene ring substituents is 1. The topological polar surface area (TPSA) is 106 Å². The van der Waals surface area contributed by atoms with Crippen LogP contribution in [0.15, 0.2) is 71.9 Å². The Morgan fingerprint density at radius 1 is 1.16 bits per heavy atom. The zero-order valence-corrected chi connectivity index (χ0v) is 17.7. The molecule has 0 saturated carbocycles. The highest BCUT2D eigenvalue weighted by atomic mass is 32.2. The summed E-state index contributed by atoms with van der Waals surface area (Å²) in [7, 11) is 1.55. The molecular formula is C22H22N4O4S. The maximum absolute atomic E-state index is 12.7. The molecule has 3 aromatic rings. The number of nitro groups is 1. The first-order valence-corrected chi connectivity index (χ1v) is 10.5. The van der Waals surface area contributed by atoms with Crippen molar-refractivity contribution in [2.75, 3.05) is 30.9 Å². The second kappa shape index (κ2) is 11.1. The van der Waals surface area contributed by atoms with E-state index in [1.807, 2.05) is 36.4 Å². The van der Waals surface area contributed by atoms with E-state index in [2.05, 4.69) is 15.6 Å². The van der Waals surface area contributed by atoms with Crippen molar-refractivity contribution >= 4 is 34.7 Å². The van der Waals surface area contributed by atoms with Crippen molar-refractivity contribution in [2.24, 2.45) is 0 Å². The zero-order valence-electron chi connectivity index (χ0n) is 16.9. The molecule has 1 aromatic heterocycles. The number of hydrogen-bond donors (Lipinski definition) is 2. The minimum atomic E-state index is -0.513. The molecule has 0 spiro atoms. The molecule has 0 aliphatic carbocycles. The number of hydrogen-bond acceptors (Lipinski definition) is 7. The van der Waals surface area contributed by atoms with Crippen LogP contribution in [-0.2, 0) is 10.5 Å². The van der Waals surface area contributed by atoms with E-state index in [9.17, 15) is 14.9 Å². The average molecular weight is 439 g/mol. The van der Waals surface area contributed by atoms with Crippen LogP contribution in [0.3, 0.4) is 0 Å². The molecule has 2 aromatic carbocycles. The Morgan fingerprint density at radius 2 is 2.03 bits per heavy atom. The van der Waals surface area contributed by atoms with Crippen LogP contribution < -0.4 is 10.6 Å². The standard InChI is InChI=1S/C22H22N4O4S/c1-30-12-11-23-19-9-8-17(14-20(19)26(28)29)22(27)25-18-6-4-5-16(13-18)15-31-21-7-2-3-10-24-21/h2-10,13-14,23H,11-12,15H2,1H3,(H,25,27). The van der Waals surface area contributed by atoms with Gasteiger partial charge in [-0.05, 0) is 42.0 Å². The fourth-order valence-corrected chi connectivity index (χ4v) is 3.60. The van der Waals surface area contributed by atoms with Crippen molar-refractivity contribution in [1.29, 1.82) is 0 Å². The van der Waals surface area contributed by atoms with Crippen molar-refractivity contribution in [1.82, 2.24) is 4.98 Å². The number of carbonyl (C=O) groups excluding carboxylic acids is 1. The molecule has 31 heavy (non-hydrogen) atoms. The Balaban J connectivity index is 1.68. The molecule has 0 bridgehead atoms. The van der Waals surface area contributed by atoms with Gasteiger partial charge in [0.1, 0.15) is 5.69 Å². The lowest BCUT2D eigenvalue weighted by molar-refractivity contribution is -0.384. The quantitative estimate of drug-likeness (QED) is 0.206. The number of aromatic nitrogens is 1. The number of nitrogens with zero attached hydrogens (tertiary/aromatic N) is 2. The number of thioether (sulfide) groups is 1. The lowest BCUT2D eigenvalue weighted by atomic mass is 10.1. The Hall–Kier alpha value is -3.43. The molecule has 0 aliphatic rings. The van der Waals surface area contributed by atoms with Crippen molar-refractivity contribution in [3.8, 4) is 0 Å². The van der Waals surface area contributed by atoms with Gasteiger partial charge >= 0.3 is 0 Å². The number of amides is 1. The van der Waals surface area contributed by atoms with Gasteiger partial charge in [-0.3, -0.25) is 14.9 Å². The fourth-order valence-electron chi connectivity index (χ4n) is 2.79. The van der Waals surface area contributed by atoms with E-state index in [0.29, 0.717) is 30.3 Å². The summed E-state index contributed by atoms with van der Waals surface area (Å²) in [6.45, 7) is 0.834. The molecule has 0 atom stereocenters. The lowest BCUT2D eigenvalue weighted by Crippen LogP contribution is -2.14. The van der Waals surface area contributed by atoms with E-state index in [1.54, 1.807) is 37.2 Å². The summed E-state index contributed by atoms with van der Waals surface area (Å²) >= 11 is 1.60. The van der Waals surface area contributed by atoms with Crippen LogP contribution in [0, 0.1) is 10.1 Å². The zero-order chi connectivity index (χ0) is 22.1. The smallest absolute Gasteiger partial charge is 0.293 e. The normalized spacial score (nSPS) is 10.5. The number of benzene rings is 2. The molecule has 160 valence electrons. The molecule has 0 fully saturated rings. The molecule has 8 nitrogen and oxygen atoms in total. The van der Waals surface area contributed by atoms with E-state index in [-0.39, 0.29) is 11.3 Å². The number of nitrogens with one attached hydrogen (secondary N) is 2. The second-order valence-corrected chi connectivity index (χ2v) is 7.52. The number of rotatable bonds is 10. The first kappa shape index (κ1) is 22.3. The van der Waals surface area contributed by atoms with E-state index >= 15 is 0 Å². The van der Waals surface area contributed by atoms with Crippen LogP contribution in [0.25, 0.3) is 0 Å². The summed E-state index contributed by atoms with van der Waals surface area (Å²) in [5.74, 6) is 0.287. The number of carbonyl (C=O) groups is 1. The summed E-state index contributed by atoms with van der Waals surface area (Å²) < 4.78 is 4.94. The van der Waals surface area contributed by atoms with Crippen molar-refractivity contribution in [3.63, 3.8) is 0 Å². The van der Waals surface area contributed by atoms with Gasteiger partial charge in [0.05, 0.1) is 16.6 Å². The molecule has 2 N–H and O–H groups in total. The molecular weight excluding hydrogens is 416 g/mol. The fraction of sp³-hybridized carbons (Fsp3) is 0.182. The summed E-state index contributed by atoms with van der Waals surface area (Å²) in [5, 5.41) is 18.1. The Bertz CT molecular complexity index is 1050. The molecule has 1 heterocycles. The Kier molecular flexibility index (Phi) is 7.97. The van der Waals surface area contributed by atoms with Crippen LogP contribution in [0.4, 0.5) is 17.1 Å². The third-order valence-corrected chi connectivity index (χ3v) is 5.30. The highest BCUT2D eigenvalue weighted by molar-refractivity contribution is 7.98. The van der Waals surface area contributed by atoms with Gasteiger partial charge in [0, 0.05) is 42.9 Å². The lowest BCUT2D eigenvalue weighted by Gasteiger charge is -2.10. The van der Waals surface area contributed by atoms with Gasteiger partial charge < -0.3 is 15.4 Å². The molecule has 3 rings (SSSR count). The summed E-state index contributed by atoms with van der Waals surface area (Å²) in [6, 6.07) is 17.6. The van der Waals surface area contributed by atoms with Gasteiger partial charge in [-0.25, -0.2) is 4.98 Å². The molecule has 0 aliphatic heterocycles. The van der Waals surface area contributed by atoms with Gasteiger partial charge in [0.25, 0.3) is 11.6 Å². The predicted molar refractivity (Wildman–Crippen MR) is 122 cm³/mol. The minimum Gasteiger partial charge on any atom is -0.383 e. The van der Waals surface area contributed by atoms with E-state index < -0.39 is 10.8 Å². The van der Waals surface area contributed by atoms with Gasteiger partial charge in [-0.2, -0.15) is 0 Å². The third kappa shape index (κ3) is 6.53. The number of pyridine rings is 1. The predicted octanol–water partition coefficient (Wildman–Crippen LogP) is 4.59. The van der Waals surface area contributed by atoms with E-state index in [0.717, 1.165) is 10.6 Å². The molecule has 0 saturated heterocycles. The van der Waals surface area contributed by atoms with Crippen LogP contribution in [0.5, 0.6) is 0 Å². The molecule has 9 heteroatoms. The average Bonchev–Trinajstić information content (AvgIpc) is 2.79. The first-order chi connectivity index (χ1) is 15.1. The van der Waals surface area contributed by atoms with Crippen molar-refractivity contribution in [3.05, 3.63) is 88.1 Å². The third-order valence-electron chi connectivity index (χ3n) is 4.29. The summed E-state index contributed by atoms with van der Waals surface area (Å²) in [5.41, 5.74) is 2.03. The largest absolute Gasteiger partial charge is 0.383 e. The van der Waals surface area contributed by atoms with Gasteiger partial charge in [0.15, 0.2) is 0 Å². The van der Waals surface area contributed by atoms with Gasteiger partial charge in [0.2, 0.25) is 0 Å². The molecule has 0 radical (unpaired) electrons. The highest BCUT2D eigenvalue weighted by Gasteiger charge is 2.17. The van der Waals surface area contributed by atoms with E-state index in [1.165, 1.54) is 12.1 Å². The number of ether oxygens (including phenoxy) is 1. The number of anilines is 2. The maximum atomic E-state index is 12.7. The van der Waals surface area contributed by atoms with Gasteiger partial charge in [-0.15, -0.1) is 11.8 Å². The van der Waals surface area contributed by atoms with Crippen molar-refractivity contribution in [2.45, 2.75) is 10.8 Å². The van der Waals surface area contributed by atoms with Crippen LogP contribution in [-0.4, -0.2) is 36.1 Å². The van der Waals surface area contributed by atoms with Crippen LogP contribution >= 0.6 is 11.8 Å². The minimum absolute atomic E-state index is 0.163. The van der Waals surface area contributed by atoms with Crippen molar-refractivity contribution < 1.29 is 14.5 Å². The highest BCUT2D eigenvalue weighted by Crippen LogP contribution is 2.26. The number of methoxy groups -OCH3 is 1. The monoisotopic (exact) mass is 438 g/mol.